The van der Waals surface area contributed by atoms with E-state index in [-0.39, 0.29) is 5.54 Å². The van der Waals surface area contributed by atoms with Gasteiger partial charge in [-0.2, -0.15) is 0 Å². The lowest BCUT2D eigenvalue weighted by atomic mass is 10.1. The molecule has 6 heteroatoms. The van der Waals surface area contributed by atoms with Crippen LogP contribution in [0.15, 0.2) is 23.2 Å². The van der Waals surface area contributed by atoms with Gasteiger partial charge in [-0.25, -0.2) is 0 Å². The van der Waals surface area contributed by atoms with Gasteiger partial charge in [0.1, 0.15) is 0 Å². The van der Waals surface area contributed by atoms with Crippen molar-refractivity contribution in [3.8, 4) is 11.5 Å². The van der Waals surface area contributed by atoms with Crippen LogP contribution in [0.25, 0.3) is 0 Å². The van der Waals surface area contributed by atoms with Crippen LogP contribution in [0.1, 0.15) is 13.8 Å². The average Bonchev–Trinajstić information content (AvgIpc) is 2.45. The summed E-state index contributed by atoms with van der Waals surface area (Å²) in [5, 5.41) is 3.05. The fraction of sp³-hybridized carbons (Fsp3) is 0.533. The third kappa shape index (κ3) is 4.82. The van der Waals surface area contributed by atoms with Crippen LogP contribution < -0.4 is 20.5 Å². The molecule has 0 heterocycles. The molecular weight excluding hydrogens is 268 g/mol. The number of nitrogens with one attached hydrogen (secondary N) is 1. The molecule has 0 saturated heterocycles. The minimum atomic E-state index is -0.0517. The molecule has 0 aromatic heterocycles. The third-order valence-electron chi connectivity index (χ3n) is 3.50. The molecule has 0 spiro atoms. The molecule has 0 radical (unpaired) electrons. The lowest BCUT2D eigenvalue weighted by Crippen LogP contribution is -2.41. The largest absolute Gasteiger partial charge is 0.493 e. The molecule has 0 bridgehead atoms. The predicted octanol–water partition coefficient (Wildman–Crippen LogP) is 1.77. The van der Waals surface area contributed by atoms with Crippen molar-refractivity contribution in [1.29, 1.82) is 0 Å². The molecule has 21 heavy (non-hydrogen) atoms. The van der Waals surface area contributed by atoms with Gasteiger partial charge in [-0.05, 0) is 40.1 Å². The fourth-order valence-electron chi connectivity index (χ4n) is 1.52. The molecule has 1 aromatic rings. The zero-order valence-corrected chi connectivity index (χ0v) is 13.7. The van der Waals surface area contributed by atoms with Crippen LogP contribution in [0.4, 0.5) is 5.69 Å². The first-order valence-corrected chi connectivity index (χ1v) is 6.76. The summed E-state index contributed by atoms with van der Waals surface area (Å²) in [6.07, 6.45) is 0. The summed E-state index contributed by atoms with van der Waals surface area (Å²) in [5.74, 6) is 1.69. The van der Waals surface area contributed by atoms with E-state index in [1.807, 2.05) is 32.3 Å². The van der Waals surface area contributed by atoms with Gasteiger partial charge in [0.05, 0.1) is 20.8 Å². The maximum Gasteiger partial charge on any atom is 0.193 e. The second-order valence-electron chi connectivity index (χ2n) is 5.60. The second kappa shape index (κ2) is 7.17. The Bertz CT molecular complexity index is 498. The summed E-state index contributed by atoms with van der Waals surface area (Å²) in [4.78, 5) is 6.49. The van der Waals surface area contributed by atoms with Crippen molar-refractivity contribution < 1.29 is 9.47 Å². The van der Waals surface area contributed by atoms with Gasteiger partial charge in [0.25, 0.3) is 0 Å². The van der Waals surface area contributed by atoms with Crippen molar-refractivity contribution in [3.05, 3.63) is 18.2 Å². The molecule has 0 aliphatic carbocycles. The number of rotatable bonds is 6. The number of methoxy groups -OCH3 is 2. The molecule has 1 aromatic carbocycles. The van der Waals surface area contributed by atoms with E-state index < -0.39 is 0 Å². The zero-order chi connectivity index (χ0) is 16.0. The number of likely N-dealkylation sites (N-methyl/N-ethyl adjacent to an activating group) is 1. The Labute approximate surface area is 126 Å². The van der Waals surface area contributed by atoms with Crippen molar-refractivity contribution in [2.45, 2.75) is 19.4 Å². The predicted molar refractivity (Wildman–Crippen MR) is 87.4 cm³/mol. The van der Waals surface area contributed by atoms with Crippen molar-refractivity contribution in [3.63, 3.8) is 0 Å². The molecule has 3 N–H and O–H groups in total. The highest BCUT2D eigenvalue weighted by Gasteiger charge is 2.19. The van der Waals surface area contributed by atoms with E-state index in [1.54, 1.807) is 14.2 Å². The summed E-state index contributed by atoms with van der Waals surface area (Å²) in [6, 6.07) is 5.50. The topological polar surface area (TPSA) is 72.1 Å². The summed E-state index contributed by atoms with van der Waals surface area (Å²) in [7, 11) is 7.24. The van der Waals surface area contributed by atoms with E-state index in [1.165, 1.54) is 0 Å². The van der Waals surface area contributed by atoms with Gasteiger partial charge in [-0.1, -0.05) is 0 Å². The van der Waals surface area contributed by atoms with Crippen molar-refractivity contribution >= 4 is 11.6 Å². The normalized spacial score (nSPS) is 12.4. The molecule has 0 atom stereocenters. The number of guanidine groups is 1. The lowest BCUT2D eigenvalue weighted by Gasteiger charge is -2.30. The number of hydrogen-bond acceptors (Lipinski definition) is 4. The fourth-order valence-corrected chi connectivity index (χ4v) is 1.52. The van der Waals surface area contributed by atoms with Crippen LogP contribution in [0, 0.1) is 0 Å². The molecule has 0 unspecified atom stereocenters. The SMILES string of the molecule is COc1ccc(NC(N)=NCC(C)(C)N(C)C)cc1OC. The van der Waals surface area contributed by atoms with Crippen LogP contribution in [0.3, 0.4) is 0 Å². The Hall–Kier alpha value is -1.95. The highest BCUT2D eigenvalue weighted by molar-refractivity contribution is 5.92. The molecule has 0 fully saturated rings. The first-order valence-electron chi connectivity index (χ1n) is 6.76. The Morgan fingerprint density at radius 3 is 2.38 bits per heavy atom. The zero-order valence-electron chi connectivity index (χ0n) is 13.7. The van der Waals surface area contributed by atoms with Gasteiger partial charge in [0, 0.05) is 17.3 Å². The summed E-state index contributed by atoms with van der Waals surface area (Å²) in [5.41, 5.74) is 6.67. The van der Waals surface area contributed by atoms with Crippen LogP contribution in [-0.4, -0.2) is 51.3 Å². The van der Waals surface area contributed by atoms with Crippen LogP contribution >= 0.6 is 0 Å². The Morgan fingerprint density at radius 1 is 1.24 bits per heavy atom. The van der Waals surface area contributed by atoms with E-state index in [0.717, 1.165) is 5.69 Å². The van der Waals surface area contributed by atoms with Gasteiger partial charge >= 0.3 is 0 Å². The van der Waals surface area contributed by atoms with E-state index >= 15 is 0 Å². The second-order valence-corrected chi connectivity index (χ2v) is 5.60. The van der Waals surface area contributed by atoms with E-state index in [0.29, 0.717) is 24.0 Å². The van der Waals surface area contributed by atoms with Gasteiger partial charge in [0.15, 0.2) is 17.5 Å². The Balaban J connectivity index is 2.77. The Kier molecular flexibility index (Phi) is 5.84. The monoisotopic (exact) mass is 294 g/mol. The first kappa shape index (κ1) is 17.1. The van der Waals surface area contributed by atoms with Crippen LogP contribution in [0.2, 0.25) is 0 Å². The van der Waals surface area contributed by atoms with Gasteiger partial charge in [-0.15, -0.1) is 0 Å². The minimum absolute atomic E-state index is 0.0517. The number of nitrogens with zero attached hydrogens (tertiary/aromatic N) is 2. The van der Waals surface area contributed by atoms with E-state index in [9.17, 15) is 0 Å². The molecule has 118 valence electrons. The number of benzene rings is 1. The maximum atomic E-state index is 5.92. The van der Waals surface area contributed by atoms with Crippen LogP contribution in [-0.2, 0) is 0 Å². The smallest absolute Gasteiger partial charge is 0.193 e. The number of hydrogen-bond donors (Lipinski definition) is 2. The number of aliphatic imine (C=N–C) groups is 1. The van der Waals surface area contributed by atoms with Crippen molar-refractivity contribution in [2.24, 2.45) is 10.7 Å². The summed E-state index contributed by atoms with van der Waals surface area (Å²) in [6.45, 7) is 4.83. The van der Waals surface area contributed by atoms with Gasteiger partial charge < -0.3 is 25.4 Å². The summed E-state index contributed by atoms with van der Waals surface area (Å²) >= 11 is 0. The molecule has 0 aliphatic rings. The highest BCUT2D eigenvalue weighted by atomic mass is 16.5. The van der Waals surface area contributed by atoms with Gasteiger partial charge in [-0.3, -0.25) is 4.99 Å². The standard InChI is InChI=1S/C15H26N4O2/c1-15(2,19(3)4)10-17-14(16)18-11-7-8-12(20-5)13(9-11)21-6/h7-9H,10H2,1-6H3,(H3,16,17,18). The maximum absolute atomic E-state index is 5.92. The highest BCUT2D eigenvalue weighted by Crippen LogP contribution is 2.29. The van der Waals surface area contributed by atoms with E-state index in [2.05, 4.69) is 29.1 Å². The molecule has 0 aliphatic heterocycles. The van der Waals surface area contributed by atoms with Gasteiger partial charge in [0.2, 0.25) is 0 Å². The van der Waals surface area contributed by atoms with Crippen molar-refractivity contribution in [1.82, 2.24) is 4.90 Å². The third-order valence-corrected chi connectivity index (χ3v) is 3.50. The van der Waals surface area contributed by atoms with Crippen molar-refractivity contribution in [2.75, 3.05) is 40.2 Å². The lowest BCUT2D eigenvalue weighted by molar-refractivity contribution is 0.205. The average molecular weight is 294 g/mol. The van der Waals surface area contributed by atoms with E-state index in [4.69, 9.17) is 15.2 Å². The molecule has 0 saturated carbocycles. The molecular formula is C15H26N4O2. The molecule has 1 rings (SSSR count). The number of nitrogens with two attached hydrogens (primary N) is 1. The van der Waals surface area contributed by atoms with Crippen LogP contribution in [0.5, 0.6) is 11.5 Å². The molecule has 6 nitrogen and oxygen atoms in total. The number of ether oxygens (including phenoxy) is 2. The quantitative estimate of drug-likeness (QED) is 0.618. The first-order chi connectivity index (χ1) is 9.80. The molecule has 0 amide bonds. The minimum Gasteiger partial charge on any atom is -0.493 e. The Morgan fingerprint density at radius 2 is 1.86 bits per heavy atom. The number of anilines is 1. The summed E-state index contributed by atoms with van der Waals surface area (Å²) < 4.78 is 10.4.